The molecule has 0 aromatic heterocycles. The fourth-order valence-electron chi connectivity index (χ4n) is 0.706. The second-order valence-electron chi connectivity index (χ2n) is 2.03. The SMILES string of the molecule is CC=N/N=C/c1ccccc1. The average Bonchev–Trinajstić information content (AvgIpc) is 2.07. The van der Waals surface area contributed by atoms with Gasteiger partial charge < -0.3 is 0 Å². The number of rotatable bonds is 2. The van der Waals surface area contributed by atoms with Crippen LogP contribution in [0.4, 0.5) is 0 Å². The van der Waals surface area contributed by atoms with Crippen molar-refractivity contribution in [1.82, 2.24) is 0 Å². The zero-order valence-electron chi connectivity index (χ0n) is 6.44. The first-order valence-electron chi connectivity index (χ1n) is 3.49. The van der Waals surface area contributed by atoms with Crippen LogP contribution in [-0.2, 0) is 0 Å². The Kier molecular flexibility index (Phi) is 3.06. The maximum Gasteiger partial charge on any atom is 0.0567 e. The summed E-state index contributed by atoms with van der Waals surface area (Å²) in [4.78, 5) is 0. The van der Waals surface area contributed by atoms with Gasteiger partial charge in [0.05, 0.1) is 6.21 Å². The van der Waals surface area contributed by atoms with Gasteiger partial charge in [0, 0.05) is 6.21 Å². The summed E-state index contributed by atoms with van der Waals surface area (Å²) in [7, 11) is 0. The van der Waals surface area contributed by atoms with Crippen LogP contribution in [0.5, 0.6) is 0 Å². The van der Waals surface area contributed by atoms with Gasteiger partial charge >= 0.3 is 0 Å². The number of nitrogens with zero attached hydrogens (tertiary/aromatic N) is 2. The van der Waals surface area contributed by atoms with E-state index >= 15 is 0 Å². The molecule has 0 atom stereocenters. The van der Waals surface area contributed by atoms with E-state index < -0.39 is 0 Å². The van der Waals surface area contributed by atoms with Gasteiger partial charge in [-0.25, -0.2) is 0 Å². The van der Waals surface area contributed by atoms with Crippen molar-refractivity contribution in [3.8, 4) is 0 Å². The first kappa shape index (κ1) is 7.66. The average molecular weight is 146 g/mol. The monoisotopic (exact) mass is 146 g/mol. The number of hydrogen-bond acceptors (Lipinski definition) is 2. The summed E-state index contributed by atoms with van der Waals surface area (Å²) in [6.07, 6.45) is 3.37. The van der Waals surface area contributed by atoms with E-state index in [1.807, 2.05) is 37.3 Å². The molecule has 1 rings (SSSR count). The molecule has 1 aromatic rings. The molecule has 56 valence electrons. The van der Waals surface area contributed by atoms with Gasteiger partial charge in [0.1, 0.15) is 0 Å². The van der Waals surface area contributed by atoms with Crippen molar-refractivity contribution in [2.75, 3.05) is 0 Å². The predicted octanol–water partition coefficient (Wildman–Crippen LogP) is 2.11. The standard InChI is InChI=1S/C9H10N2/c1-2-10-11-8-9-6-4-3-5-7-9/h2-8H,1H3/b10-2?,11-8+. The van der Waals surface area contributed by atoms with Crippen LogP contribution >= 0.6 is 0 Å². The molecule has 0 unspecified atom stereocenters. The normalized spacial score (nSPS) is 11.4. The molecule has 11 heavy (non-hydrogen) atoms. The molecule has 0 radical (unpaired) electrons. The molecule has 0 heterocycles. The Hall–Kier alpha value is -1.44. The highest BCUT2D eigenvalue weighted by Gasteiger charge is 1.80. The third-order valence-electron chi connectivity index (χ3n) is 1.19. The molecule has 0 amide bonds. The van der Waals surface area contributed by atoms with Gasteiger partial charge in [-0.15, -0.1) is 0 Å². The summed E-state index contributed by atoms with van der Waals surface area (Å²) in [5.41, 5.74) is 1.07. The summed E-state index contributed by atoms with van der Waals surface area (Å²) in [5.74, 6) is 0. The molecule has 0 fully saturated rings. The van der Waals surface area contributed by atoms with E-state index in [1.165, 1.54) is 0 Å². The first-order chi connectivity index (χ1) is 5.43. The summed E-state index contributed by atoms with van der Waals surface area (Å²) in [6.45, 7) is 1.84. The number of benzene rings is 1. The number of hydrogen-bond donors (Lipinski definition) is 0. The van der Waals surface area contributed by atoms with E-state index in [0.717, 1.165) is 5.56 Å². The summed E-state index contributed by atoms with van der Waals surface area (Å²) in [6, 6.07) is 9.87. The Morgan fingerprint density at radius 1 is 1.09 bits per heavy atom. The highest BCUT2D eigenvalue weighted by atomic mass is 15.2. The smallest absolute Gasteiger partial charge is 0.0567 e. The van der Waals surface area contributed by atoms with Crippen LogP contribution in [0.2, 0.25) is 0 Å². The summed E-state index contributed by atoms with van der Waals surface area (Å²) in [5, 5.41) is 7.52. The van der Waals surface area contributed by atoms with Gasteiger partial charge in [-0.3, -0.25) is 0 Å². The summed E-state index contributed by atoms with van der Waals surface area (Å²) >= 11 is 0. The Bertz CT molecular complexity index is 250. The van der Waals surface area contributed by atoms with Crippen LogP contribution in [0.1, 0.15) is 12.5 Å². The van der Waals surface area contributed by atoms with Crippen molar-refractivity contribution in [2.45, 2.75) is 6.92 Å². The molecular formula is C9H10N2. The lowest BCUT2D eigenvalue weighted by atomic mass is 10.2. The van der Waals surface area contributed by atoms with Gasteiger partial charge in [-0.2, -0.15) is 10.2 Å². The lowest BCUT2D eigenvalue weighted by Crippen LogP contribution is -1.76. The zero-order valence-corrected chi connectivity index (χ0v) is 6.44. The van der Waals surface area contributed by atoms with Crippen molar-refractivity contribution < 1.29 is 0 Å². The molecule has 2 nitrogen and oxygen atoms in total. The van der Waals surface area contributed by atoms with Crippen molar-refractivity contribution >= 4 is 12.4 Å². The Morgan fingerprint density at radius 3 is 2.45 bits per heavy atom. The molecule has 0 N–H and O–H groups in total. The van der Waals surface area contributed by atoms with Crippen molar-refractivity contribution in [1.29, 1.82) is 0 Å². The van der Waals surface area contributed by atoms with Crippen LogP contribution in [0.15, 0.2) is 40.5 Å². The van der Waals surface area contributed by atoms with Crippen LogP contribution in [-0.4, -0.2) is 12.4 Å². The molecule has 0 spiro atoms. The molecule has 0 bridgehead atoms. The molecule has 0 aliphatic heterocycles. The highest BCUT2D eigenvalue weighted by Crippen LogP contribution is 1.93. The topological polar surface area (TPSA) is 24.7 Å². The molecule has 0 aliphatic rings. The van der Waals surface area contributed by atoms with Gasteiger partial charge in [0.25, 0.3) is 0 Å². The minimum Gasteiger partial charge on any atom is -0.164 e. The second-order valence-corrected chi connectivity index (χ2v) is 2.03. The van der Waals surface area contributed by atoms with E-state index in [4.69, 9.17) is 0 Å². The fraction of sp³-hybridized carbons (Fsp3) is 0.111. The van der Waals surface area contributed by atoms with E-state index in [2.05, 4.69) is 10.2 Å². The van der Waals surface area contributed by atoms with E-state index in [9.17, 15) is 0 Å². The minimum absolute atomic E-state index is 1.07. The van der Waals surface area contributed by atoms with Crippen LogP contribution in [0.3, 0.4) is 0 Å². The first-order valence-corrected chi connectivity index (χ1v) is 3.49. The largest absolute Gasteiger partial charge is 0.164 e. The molecule has 0 aliphatic carbocycles. The lowest BCUT2D eigenvalue weighted by Gasteiger charge is -1.86. The third kappa shape index (κ3) is 2.76. The Morgan fingerprint density at radius 2 is 1.82 bits per heavy atom. The van der Waals surface area contributed by atoms with Crippen molar-refractivity contribution in [2.24, 2.45) is 10.2 Å². The van der Waals surface area contributed by atoms with Gasteiger partial charge in [0.15, 0.2) is 0 Å². The van der Waals surface area contributed by atoms with Gasteiger partial charge in [-0.1, -0.05) is 30.3 Å². The molecule has 2 heteroatoms. The minimum atomic E-state index is 1.07. The van der Waals surface area contributed by atoms with Crippen LogP contribution in [0.25, 0.3) is 0 Å². The van der Waals surface area contributed by atoms with E-state index in [1.54, 1.807) is 12.4 Å². The van der Waals surface area contributed by atoms with Crippen molar-refractivity contribution in [3.05, 3.63) is 35.9 Å². The fourth-order valence-corrected chi connectivity index (χ4v) is 0.706. The van der Waals surface area contributed by atoms with Crippen LogP contribution in [0, 0.1) is 0 Å². The van der Waals surface area contributed by atoms with Crippen molar-refractivity contribution in [3.63, 3.8) is 0 Å². The summed E-state index contributed by atoms with van der Waals surface area (Å²) < 4.78 is 0. The molecule has 0 saturated heterocycles. The van der Waals surface area contributed by atoms with E-state index in [0.29, 0.717) is 0 Å². The van der Waals surface area contributed by atoms with Crippen LogP contribution < -0.4 is 0 Å². The second kappa shape index (κ2) is 4.39. The highest BCUT2D eigenvalue weighted by molar-refractivity contribution is 5.79. The zero-order chi connectivity index (χ0) is 7.94. The molecule has 1 aromatic carbocycles. The maximum absolute atomic E-state index is 3.80. The van der Waals surface area contributed by atoms with Gasteiger partial charge in [0.2, 0.25) is 0 Å². The Balaban J connectivity index is 2.64. The quantitative estimate of drug-likeness (QED) is 0.451. The molecular weight excluding hydrogens is 136 g/mol. The molecule has 0 saturated carbocycles. The lowest BCUT2D eigenvalue weighted by molar-refractivity contribution is 1.26. The maximum atomic E-state index is 3.80. The van der Waals surface area contributed by atoms with E-state index in [-0.39, 0.29) is 0 Å². The predicted molar refractivity (Wildman–Crippen MR) is 48.2 cm³/mol. The Labute approximate surface area is 66.3 Å². The van der Waals surface area contributed by atoms with Gasteiger partial charge in [-0.05, 0) is 12.5 Å². The third-order valence-corrected chi connectivity index (χ3v) is 1.19.